The van der Waals surface area contributed by atoms with Crippen molar-refractivity contribution in [3.63, 3.8) is 0 Å². The third kappa shape index (κ3) is 5.92. The van der Waals surface area contributed by atoms with Crippen LogP contribution in [0.15, 0.2) is 12.2 Å². The van der Waals surface area contributed by atoms with Gasteiger partial charge in [-0.25, -0.2) is 0 Å². The largest absolute Gasteiger partial charge is 0.146 e. The second-order valence-corrected chi connectivity index (χ2v) is 6.11. The predicted molar refractivity (Wildman–Crippen MR) is 62.9 cm³/mol. The van der Waals surface area contributed by atoms with Gasteiger partial charge in [-0.3, -0.25) is 0 Å². The summed E-state index contributed by atoms with van der Waals surface area (Å²) in [5.41, 5.74) is 1.36. The molecule has 0 saturated carbocycles. The van der Waals surface area contributed by atoms with Crippen molar-refractivity contribution in [2.24, 2.45) is 5.92 Å². The first-order valence-corrected chi connectivity index (χ1v) is 7.85. The Kier molecular flexibility index (Phi) is 7.66. The molecule has 0 unspecified atom stereocenters. The van der Waals surface area contributed by atoms with E-state index in [0.29, 0.717) is 5.92 Å². The zero-order valence-corrected chi connectivity index (χ0v) is 10.2. The van der Waals surface area contributed by atoms with E-state index in [4.69, 9.17) is 0 Å². The lowest BCUT2D eigenvalue weighted by Gasteiger charge is -2.06. The van der Waals surface area contributed by atoms with Gasteiger partial charge in [0.05, 0.1) is 0 Å². The highest BCUT2D eigenvalue weighted by atomic mass is 127. The van der Waals surface area contributed by atoms with Crippen LogP contribution >= 0.6 is 41.9 Å². The maximum absolute atomic E-state index is 3.99. The lowest BCUT2D eigenvalue weighted by atomic mass is 10.1. The van der Waals surface area contributed by atoms with E-state index in [0.717, 1.165) is 5.75 Å². The molecule has 0 nitrogen and oxygen atoms in total. The van der Waals surface area contributed by atoms with Gasteiger partial charge in [-0.15, -0.1) is 11.8 Å². The van der Waals surface area contributed by atoms with E-state index >= 15 is 0 Å². The van der Waals surface area contributed by atoms with Gasteiger partial charge in [0.25, 0.3) is 0 Å². The summed E-state index contributed by atoms with van der Waals surface area (Å²) in [4.78, 5) is 0. The van der Waals surface area contributed by atoms with Crippen LogP contribution in [0.25, 0.3) is 0 Å². The Bertz CT molecular complexity index is 102. The molecule has 0 aliphatic rings. The quantitative estimate of drug-likeness (QED) is 0.325. The van der Waals surface area contributed by atoms with E-state index in [2.05, 4.69) is 41.6 Å². The van der Waals surface area contributed by atoms with Crippen molar-refractivity contribution in [1.82, 2.24) is 0 Å². The summed E-state index contributed by atoms with van der Waals surface area (Å²) in [5.74, 6) is 1.76. The lowest BCUT2D eigenvalue weighted by molar-refractivity contribution is 0.777. The highest BCUT2D eigenvalue weighted by molar-refractivity contribution is 14.2. The minimum atomic E-state index is 0.645. The van der Waals surface area contributed by atoms with E-state index in [-0.39, 0.29) is 0 Å². The molecule has 60 valence electrons. The highest BCUT2D eigenvalue weighted by Gasteiger charge is 1.98. The van der Waals surface area contributed by atoms with Crippen molar-refractivity contribution in [2.75, 3.05) is 10.8 Å². The third-order valence-electron chi connectivity index (χ3n) is 1.23. The molecule has 0 aromatic rings. The van der Waals surface area contributed by atoms with Gasteiger partial charge < -0.3 is 0 Å². The van der Waals surface area contributed by atoms with Crippen molar-refractivity contribution in [2.45, 2.75) is 13.8 Å². The maximum Gasteiger partial charge on any atom is 0.0495 e. The Hall–Kier alpha value is 1.17. The molecule has 0 rings (SSSR count). The van der Waals surface area contributed by atoms with Gasteiger partial charge in [0, 0.05) is 10.8 Å². The summed E-state index contributed by atoms with van der Waals surface area (Å²) in [6.07, 6.45) is 0. The number of hydrogen-bond donors (Lipinski definition) is 0. The topological polar surface area (TPSA) is 0 Å². The van der Waals surface area contributed by atoms with Crippen LogP contribution in [-0.2, 0) is 0 Å². The molecule has 10 heavy (non-hydrogen) atoms. The van der Waals surface area contributed by atoms with Crippen LogP contribution < -0.4 is 0 Å². The minimum Gasteiger partial charge on any atom is -0.146 e. The van der Waals surface area contributed by atoms with Crippen LogP contribution in [0.2, 0.25) is 0 Å². The van der Waals surface area contributed by atoms with Crippen molar-refractivity contribution >= 4 is 41.9 Å². The summed E-state index contributed by atoms with van der Waals surface area (Å²) in [7, 11) is 1.85. The Morgan fingerprint density at radius 3 is 2.60 bits per heavy atom. The molecule has 3 heteroatoms. The second kappa shape index (κ2) is 6.85. The molecular weight excluding hydrogens is 275 g/mol. The fraction of sp³-hybridized carbons (Fsp3) is 0.714. The SMILES string of the molecule is C=C(CSCSI)C(C)C. The Balaban J connectivity index is 3.22. The van der Waals surface area contributed by atoms with Crippen molar-refractivity contribution < 1.29 is 0 Å². The van der Waals surface area contributed by atoms with Crippen LogP contribution in [0.5, 0.6) is 0 Å². The fourth-order valence-corrected chi connectivity index (χ4v) is 3.17. The third-order valence-corrected chi connectivity index (χ3v) is 5.12. The van der Waals surface area contributed by atoms with Gasteiger partial charge in [-0.2, -0.15) is 0 Å². The van der Waals surface area contributed by atoms with Gasteiger partial charge in [-0.1, -0.05) is 34.9 Å². The predicted octanol–water partition coefficient (Wildman–Crippen LogP) is 3.97. The van der Waals surface area contributed by atoms with Crippen molar-refractivity contribution in [3.8, 4) is 0 Å². The fourth-order valence-electron chi connectivity index (χ4n) is 0.371. The summed E-state index contributed by atoms with van der Waals surface area (Å²) >= 11 is 4.26. The molecule has 0 fully saturated rings. The summed E-state index contributed by atoms with van der Waals surface area (Å²) in [5, 5.41) is 1.17. The number of thioether (sulfide) groups is 1. The molecule has 0 amide bonds. The van der Waals surface area contributed by atoms with Crippen LogP contribution in [0.3, 0.4) is 0 Å². The monoisotopic (exact) mass is 288 g/mol. The molecule has 0 aromatic carbocycles. The second-order valence-electron chi connectivity index (χ2n) is 2.39. The summed E-state index contributed by atoms with van der Waals surface area (Å²) < 4.78 is 0. The summed E-state index contributed by atoms with van der Waals surface area (Å²) in [6, 6.07) is 0. The molecule has 0 aliphatic heterocycles. The molecule has 0 bridgehead atoms. The van der Waals surface area contributed by atoms with E-state index in [1.807, 2.05) is 20.7 Å². The molecule has 0 aromatic heterocycles. The Morgan fingerprint density at radius 1 is 1.60 bits per heavy atom. The molecule has 0 saturated heterocycles. The number of halogens is 1. The van der Waals surface area contributed by atoms with E-state index in [9.17, 15) is 0 Å². The summed E-state index contributed by atoms with van der Waals surface area (Å²) in [6.45, 7) is 8.38. The van der Waals surface area contributed by atoms with Crippen LogP contribution in [0.4, 0.5) is 0 Å². The normalized spacial score (nSPS) is 10.4. The van der Waals surface area contributed by atoms with Crippen LogP contribution in [0, 0.1) is 5.92 Å². The average Bonchev–Trinajstić information content (AvgIpc) is 1.88. The van der Waals surface area contributed by atoms with Crippen LogP contribution in [-0.4, -0.2) is 10.8 Å². The van der Waals surface area contributed by atoms with Gasteiger partial charge in [0.2, 0.25) is 0 Å². The molecule has 0 aliphatic carbocycles. The smallest absolute Gasteiger partial charge is 0.0495 e. The van der Waals surface area contributed by atoms with Crippen LogP contribution in [0.1, 0.15) is 13.8 Å². The average molecular weight is 288 g/mol. The van der Waals surface area contributed by atoms with E-state index < -0.39 is 0 Å². The molecule has 0 heterocycles. The number of hydrogen-bond acceptors (Lipinski definition) is 2. The number of rotatable bonds is 5. The van der Waals surface area contributed by atoms with Gasteiger partial charge in [0.15, 0.2) is 0 Å². The minimum absolute atomic E-state index is 0.645. The molecule has 0 N–H and O–H groups in total. The first-order valence-electron chi connectivity index (χ1n) is 3.17. The maximum atomic E-state index is 3.99. The molecular formula is C7H13IS2. The van der Waals surface area contributed by atoms with E-state index in [1.165, 1.54) is 10.7 Å². The van der Waals surface area contributed by atoms with Crippen molar-refractivity contribution in [1.29, 1.82) is 0 Å². The Labute approximate surface area is 84.2 Å². The zero-order valence-electron chi connectivity index (χ0n) is 6.39. The Morgan fingerprint density at radius 2 is 2.20 bits per heavy atom. The lowest BCUT2D eigenvalue weighted by Crippen LogP contribution is -1.94. The van der Waals surface area contributed by atoms with Gasteiger partial charge in [0.1, 0.15) is 0 Å². The zero-order chi connectivity index (χ0) is 7.98. The standard InChI is InChI=1S/C7H13IS2/c1-6(2)7(3)4-9-5-10-8/h6H,3-5H2,1-2H3. The first kappa shape index (κ1) is 11.2. The molecule has 0 atom stereocenters. The first-order chi connectivity index (χ1) is 4.68. The molecule has 0 radical (unpaired) electrons. The highest BCUT2D eigenvalue weighted by Crippen LogP contribution is 2.21. The van der Waals surface area contributed by atoms with E-state index in [1.54, 1.807) is 0 Å². The van der Waals surface area contributed by atoms with Gasteiger partial charge in [-0.05, 0) is 27.1 Å². The molecule has 0 spiro atoms. The van der Waals surface area contributed by atoms with Crippen molar-refractivity contribution in [3.05, 3.63) is 12.2 Å². The van der Waals surface area contributed by atoms with Gasteiger partial charge >= 0.3 is 0 Å².